The van der Waals surface area contributed by atoms with Gasteiger partial charge in [0.1, 0.15) is 5.69 Å². The highest BCUT2D eigenvalue weighted by atomic mass is 35.5. The molecular formula is C26H27Cl2N5O4S. The van der Waals surface area contributed by atoms with Crippen molar-refractivity contribution < 1.29 is 18.0 Å². The van der Waals surface area contributed by atoms with Crippen LogP contribution in [0.4, 0.5) is 0 Å². The maximum atomic E-state index is 13.9. The first-order valence-corrected chi connectivity index (χ1v) is 14.5. The SMILES string of the molecule is CC(c1ccc(S(N)(=O)=O)cc1)N1C[C@@H](C)n2nc3c(c2C1=O)CN(C(=O)c1ccc(Cl)c(Cl)c1)[C@H](C)C3. The lowest BCUT2D eigenvalue weighted by Gasteiger charge is -2.37. The molecule has 1 aromatic heterocycles. The van der Waals surface area contributed by atoms with Crippen LogP contribution < -0.4 is 5.14 Å². The van der Waals surface area contributed by atoms with E-state index in [2.05, 4.69) is 0 Å². The summed E-state index contributed by atoms with van der Waals surface area (Å²) >= 11 is 12.2. The lowest BCUT2D eigenvalue weighted by atomic mass is 9.96. The molecule has 0 saturated carbocycles. The van der Waals surface area contributed by atoms with Crippen LogP contribution in [0.3, 0.4) is 0 Å². The maximum Gasteiger partial charge on any atom is 0.273 e. The lowest BCUT2D eigenvalue weighted by Crippen LogP contribution is -2.45. The zero-order valence-corrected chi connectivity index (χ0v) is 23.4. The van der Waals surface area contributed by atoms with Gasteiger partial charge >= 0.3 is 0 Å². The molecule has 2 aliphatic rings. The van der Waals surface area contributed by atoms with Crippen LogP contribution in [0.5, 0.6) is 0 Å². The number of primary sulfonamides is 1. The summed E-state index contributed by atoms with van der Waals surface area (Å²) in [6.45, 7) is 6.54. The summed E-state index contributed by atoms with van der Waals surface area (Å²) < 4.78 is 25.1. The third kappa shape index (κ3) is 4.59. The Morgan fingerprint density at radius 3 is 2.39 bits per heavy atom. The average molecular weight is 577 g/mol. The summed E-state index contributed by atoms with van der Waals surface area (Å²) in [7, 11) is -3.81. The predicted octanol–water partition coefficient (Wildman–Crippen LogP) is 4.20. The van der Waals surface area contributed by atoms with Gasteiger partial charge in [0, 0.05) is 30.1 Å². The van der Waals surface area contributed by atoms with Gasteiger partial charge in [-0.1, -0.05) is 35.3 Å². The molecule has 0 bridgehead atoms. The van der Waals surface area contributed by atoms with Crippen molar-refractivity contribution in [1.82, 2.24) is 19.6 Å². The number of nitrogens with two attached hydrogens (primary N) is 1. The minimum Gasteiger partial charge on any atom is -0.331 e. The van der Waals surface area contributed by atoms with Crippen LogP contribution in [0.15, 0.2) is 47.4 Å². The number of halogens is 2. The molecule has 1 unspecified atom stereocenters. The number of hydrogen-bond acceptors (Lipinski definition) is 5. The predicted molar refractivity (Wildman–Crippen MR) is 144 cm³/mol. The van der Waals surface area contributed by atoms with E-state index < -0.39 is 10.0 Å². The third-order valence-corrected chi connectivity index (χ3v) is 9.04. The van der Waals surface area contributed by atoms with Crippen molar-refractivity contribution in [3.8, 4) is 0 Å². The normalized spacial score (nSPS) is 20.2. The second-order valence-electron chi connectivity index (χ2n) is 9.93. The number of hydrogen-bond donors (Lipinski definition) is 1. The molecule has 0 fully saturated rings. The molecule has 3 heterocycles. The number of rotatable bonds is 4. The second-order valence-corrected chi connectivity index (χ2v) is 12.3. The van der Waals surface area contributed by atoms with E-state index in [1.165, 1.54) is 12.1 Å². The first-order chi connectivity index (χ1) is 17.9. The molecule has 2 aromatic carbocycles. The average Bonchev–Trinajstić information content (AvgIpc) is 3.25. The van der Waals surface area contributed by atoms with E-state index in [1.54, 1.807) is 44.8 Å². The number of sulfonamides is 1. The number of amides is 2. The fraction of sp³-hybridized carbons (Fsp3) is 0.346. The highest BCUT2D eigenvalue weighted by Crippen LogP contribution is 2.35. The molecule has 0 radical (unpaired) electrons. The van der Waals surface area contributed by atoms with E-state index in [4.69, 9.17) is 33.4 Å². The highest BCUT2D eigenvalue weighted by Gasteiger charge is 2.40. The Hall–Kier alpha value is -2.92. The molecule has 2 N–H and O–H groups in total. The lowest BCUT2D eigenvalue weighted by molar-refractivity contribution is 0.0574. The molecule has 0 aliphatic carbocycles. The van der Waals surface area contributed by atoms with Gasteiger partial charge in [0.25, 0.3) is 11.8 Å². The molecule has 5 rings (SSSR count). The minimum absolute atomic E-state index is 0.0137. The smallest absolute Gasteiger partial charge is 0.273 e. The van der Waals surface area contributed by atoms with E-state index in [1.807, 2.05) is 20.8 Å². The molecule has 0 spiro atoms. The Morgan fingerprint density at radius 1 is 1.08 bits per heavy atom. The summed E-state index contributed by atoms with van der Waals surface area (Å²) in [4.78, 5) is 30.8. The van der Waals surface area contributed by atoms with E-state index in [0.717, 1.165) is 16.8 Å². The summed E-state index contributed by atoms with van der Waals surface area (Å²) in [6, 6.07) is 10.5. The molecule has 3 atom stereocenters. The van der Waals surface area contributed by atoms with Crippen LogP contribution in [-0.2, 0) is 23.0 Å². The van der Waals surface area contributed by atoms with Gasteiger partial charge in [-0.25, -0.2) is 13.6 Å². The number of carbonyl (C=O) groups is 2. The molecule has 200 valence electrons. The fourth-order valence-corrected chi connectivity index (χ4v) is 6.02. The van der Waals surface area contributed by atoms with Gasteiger partial charge < -0.3 is 9.80 Å². The van der Waals surface area contributed by atoms with E-state index in [0.29, 0.717) is 34.3 Å². The van der Waals surface area contributed by atoms with Crippen LogP contribution in [0, 0.1) is 0 Å². The summed E-state index contributed by atoms with van der Waals surface area (Å²) in [5.74, 6) is -0.380. The Kier molecular flexibility index (Phi) is 6.79. The van der Waals surface area contributed by atoms with Gasteiger partial charge in [-0.3, -0.25) is 14.3 Å². The van der Waals surface area contributed by atoms with Crippen molar-refractivity contribution in [3.63, 3.8) is 0 Å². The zero-order chi connectivity index (χ0) is 27.5. The third-order valence-electron chi connectivity index (χ3n) is 7.37. The monoisotopic (exact) mass is 575 g/mol. The van der Waals surface area contributed by atoms with Gasteiger partial charge in [0.05, 0.1) is 39.3 Å². The summed E-state index contributed by atoms with van der Waals surface area (Å²) in [5.41, 5.74) is 3.25. The Balaban J connectivity index is 1.46. The summed E-state index contributed by atoms with van der Waals surface area (Å²) in [5, 5.41) is 10.7. The van der Waals surface area contributed by atoms with Crippen molar-refractivity contribution in [1.29, 1.82) is 0 Å². The van der Waals surface area contributed by atoms with Crippen molar-refractivity contribution in [2.24, 2.45) is 5.14 Å². The molecule has 2 amide bonds. The first-order valence-electron chi connectivity index (χ1n) is 12.2. The van der Waals surface area contributed by atoms with Crippen LogP contribution in [-0.4, -0.2) is 52.4 Å². The number of aromatic nitrogens is 2. The highest BCUT2D eigenvalue weighted by molar-refractivity contribution is 7.89. The van der Waals surface area contributed by atoms with E-state index >= 15 is 0 Å². The second kappa shape index (κ2) is 9.68. The molecule has 12 heteroatoms. The molecule has 0 saturated heterocycles. The first kappa shape index (κ1) is 26.7. The van der Waals surface area contributed by atoms with Crippen molar-refractivity contribution >= 4 is 45.0 Å². The molecule has 9 nitrogen and oxygen atoms in total. The molecule has 3 aromatic rings. The Bertz CT molecular complexity index is 1550. The van der Waals surface area contributed by atoms with Crippen LogP contribution in [0.1, 0.15) is 70.5 Å². The Labute approximate surface area is 231 Å². The van der Waals surface area contributed by atoms with Crippen molar-refractivity contribution in [2.75, 3.05) is 6.54 Å². The standard InChI is InChI=1S/C26H27Cl2N5O4S/c1-14-10-23-20(13-31(14)25(34)18-6-9-21(27)22(28)11-18)24-26(35)32(12-15(2)33(24)30-23)16(3)17-4-7-19(8-5-17)38(29,36)37/h4-9,11,14-16H,10,12-13H2,1-3H3,(H2,29,36,37)/t14-,15-,16?/m1/s1. The van der Waals surface area contributed by atoms with Gasteiger partial charge in [0.2, 0.25) is 10.0 Å². The maximum absolute atomic E-state index is 13.9. The number of fused-ring (bicyclic) bond motifs is 3. The molecule has 2 aliphatic heterocycles. The van der Waals surface area contributed by atoms with E-state index in [-0.39, 0.29) is 41.4 Å². The molecular weight excluding hydrogens is 549 g/mol. The van der Waals surface area contributed by atoms with Gasteiger partial charge in [-0.05, 0) is 56.7 Å². The quantitative estimate of drug-likeness (QED) is 0.500. The van der Waals surface area contributed by atoms with Gasteiger partial charge in [0.15, 0.2) is 0 Å². The van der Waals surface area contributed by atoms with Gasteiger partial charge in [-0.2, -0.15) is 5.10 Å². The fourth-order valence-electron chi connectivity index (χ4n) is 5.21. The van der Waals surface area contributed by atoms with Crippen LogP contribution in [0.25, 0.3) is 0 Å². The molecule has 38 heavy (non-hydrogen) atoms. The zero-order valence-electron chi connectivity index (χ0n) is 21.1. The number of nitrogens with zero attached hydrogens (tertiary/aromatic N) is 4. The van der Waals surface area contributed by atoms with Crippen LogP contribution >= 0.6 is 23.2 Å². The minimum atomic E-state index is -3.81. The van der Waals surface area contributed by atoms with Crippen molar-refractivity contribution in [2.45, 2.75) is 56.8 Å². The Morgan fingerprint density at radius 2 is 1.76 bits per heavy atom. The number of benzene rings is 2. The van der Waals surface area contributed by atoms with Gasteiger partial charge in [-0.15, -0.1) is 0 Å². The number of carbonyl (C=O) groups excluding carboxylic acids is 2. The largest absolute Gasteiger partial charge is 0.331 e. The van der Waals surface area contributed by atoms with Crippen LogP contribution in [0.2, 0.25) is 10.0 Å². The van der Waals surface area contributed by atoms with E-state index in [9.17, 15) is 18.0 Å². The topological polar surface area (TPSA) is 119 Å². The summed E-state index contributed by atoms with van der Waals surface area (Å²) in [6.07, 6.45) is 0.521. The van der Waals surface area contributed by atoms with Crippen molar-refractivity contribution in [3.05, 3.63) is 80.6 Å².